The maximum absolute atomic E-state index is 13.4. The van der Waals surface area contributed by atoms with Gasteiger partial charge in [0.1, 0.15) is 11.7 Å². The Morgan fingerprint density at radius 3 is 2.27 bits per heavy atom. The molecule has 2 aliphatic rings. The molecule has 0 aliphatic carbocycles. The first-order chi connectivity index (χ1) is 14.5. The van der Waals surface area contributed by atoms with E-state index in [0.717, 1.165) is 20.6 Å². The van der Waals surface area contributed by atoms with Crippen LogP contribution in [0.3, 0.4) is 0 Å². The highest BCUT2D eigenvalue weighted by atomic mass is 79.9. The van der Waals surface area contributed by atoms with Crippen molar-refractivity contribution in [1.29, 1.82) is 0 Å². The Bertz CT molecular complexity index is 1120. The summed E-state index contributed by atoms with van der Waals surface area (Å²) in [6.45, 7) is 0. The summed E-state index contributed by atoms with van der Waals surface area (Å²) in [5.41, 5.74) is 1.94. The van der Waals surface area contributed by atoms with Gasteiger partial charge in [0.15, 0.2) is 6.10 Å². The fourth-order valence-corrected chi connectivity index (χ4v) is 4.50. The van der Waals surface area contributed by atoms with Crippen LogP contribution < -0.4 is 9.96 Å². The molecule has 5 rings (SSSR count). The van der Waals surface area contributed by atoms with Gasteiger partial charge in [-0.1, -0.05) is 46.3 Å². The number of hydrogen-bond donors (Lipinski definition) is 0. The number of hydroxylamine groups is 1. The Kier molecular flexibility index (Phi) is 4.64. The number of hydrogen-bond acceptors (Lipinski definition) is 4. The van der Waals surface area contributed by atoms with Crippen LogP contribution in [0, 0.1) is 11.7 Å². The molecule has 0 bridgehead atoms. The third kappa shape index (κ3) is 3.02. The van der Waals surface area contributed by atoms with Crippen molar-refractivity contribution in [3.63, 3.8) is 0 Å². The van der Waals surface area contributed by atoms with Gasteiger partial charge < -0.3 is 0 Å². The van der Waals surface area contributed by atoms with E-state index in [1.54, 1.807) is 5.06 Å². The van der Waals surface area contributed by atoms with Crippen molar-refractivity contribution >= 4 is 39.1 Å². The van der Waals surface area contributed by atoms with Crippen LogP contribution in [-0.2, 0) is 14.4 Å². The van der Waals surface area contributed by atoms with E-state index in [9.17, 15) is 14.0 Å². The summed E-state index contributed by atoms with van der Waals surface area (Å²) < 4.78 is 14.2. The molecule has 2 saturated heterocycles. The minimum absolute atomic E-state index is 0.337. The molecule has 5 nitrogen and oxygen atoms in total. The van der Waals surface area contributed by atoms with Crippen molar-refractivity contribution in [3.05, 3.63) is 94.7 Å². The normalized spacial score (nSPS) is 23.2. The van der Waals surface area contributed by atoms with E-state index in [0.29, 0.717) is 5.69 Å². The molecule has 0 radical (unpaired) electrons. The molecule has 2 aliphatic heterocycles. The number of carbonyl (C=O) groups is 2. The number of nitrogens with zero attached hydrogens (tertiary/aromatic N) is 2. The SMILES string of the molecule is O=C1[C@@H]2[C@@H](c3cccc(Br)c3)N(c3ccccc3)O[C@H]2C(=O)N1c1ccc(F)cc1. The summed E-state index contributed by atoms with van der Waals surface area (Å²) >= 11 is 3.48. The average Bonchev–Trinajstić information content (AvgIpc) is 3.26. The van der Waals surface area contributed by atoms with Crippen molar-refractivity contribution in [2.45, 2.75) is 12.1 Å². The van der Waals surface area contributed by atoms with Gasteiger partial charge >= 0.3 is 0 Å². The molecular formula is C23H16BrFN2O3. The van der Waals surface area contributed by atoms with Gasteiger partial charge in [0.2, 0.25) is 5.91 Å². The molecule has 0 unspecified atom stereocenters. The molecule has 150 valence electrons. The second-order valence-electron chi connectivity index (χ2n) is 7.20. The molecule has 0 N–H and O–H groups in total. The zero-order valence-electron chi connectivity index (χ0n) is 15.6. The molecule has 0 spiro atoms. The second kappa shape index (κ2) is 7.34. The summed E-state index contributed by atoms with van der Waals surface area (Å²) in [4.78, 5) is 33.7. The molecule has 2 fully saturated rings. The standard InChI is InChI=1S/C23H16BrFN2O3/c24-15-6-4-5-14(13-15)20-19-21(30-27(20)18-7-2-1-3-8-18)23(29)26(22(19)28)17-11-9-16(25)10-12-17/h1-13,19-21H/t19-,20-,21-/m1/s1. The van der Waals surface area contributed by atoms with Gasteiger partial charge in [0.05, 0.1) is 17.4 Å². The maximum Gasteiger partial charge on any atom is 0.266 e. The molecule has 0 aromatic heterocycles. The van der Waals surface area contributed by atoms with Crippen LogP contribution in [0.5, 0.6) is 0 Å². The smallest absolute Gasteiger partial charge is 0.266 e. The van der Waals surface area contributed by atoms with E-state index in [2.05, 4.69) is 15.9 Å². The molecule has 2 amide bonds. The summed E-state index contributed by atoms with van der Waals surface area (Å²) in [6.07, 6.45) is -0.952. The molecule has 3 aromatic carbocycles. The van der Waals surface area contributed by atoms with E-state index < -0.39 is 29.8 Å². The molecule has 7 heteroatoms. The first-order valence-electron chi connectivity index (χ1n) is 9.44. The highest BCUT2D eigenvalue weighted by Gasteiger charge is 2.60. The quantitative estimate of drug-likeness (QED) is 0.527. The predicted molar refractivity (Wildman–Crippen MR) is 113 cm³/mol. The zero-order chi connectivity index (χ0) is 20.8. The third-order valence-corrected chi connectivity index (χ3v) is 5.89. The number of amides is 2. The minimum Gasteiger partial charge on any atom is -0.273 e. The van der Waals surface area contributed by atoms with Crippen molar-refractivity contribution in [3.8, 4) is 0 Å². The van der Waals surface area contributed by atoms with Crippen LogP contribution in [0.4, 0.5) is 15.8 Å². The zero-order valence-corrected chi connectivity index (χ0v) is 17.2. The molecule has 2 heterocycles. The number of benzene rings is 3. The van der Waals surface area contributed by atoms with E-state index >= 15 is 0 Å². The van der Waals surface area contributed by atoms with Crippen LogP contribution in [0.2, 0.25) is 0 Å². The van der Waals surface area contributed by atoms with E-state index in [1.165, 1.54) is 24.3 Å². The number of rotatable bonds is 3. The lowest BCUT2D eigenvalue weighted by molar-refractivity contribution is -0.126. The van der Waals surface area contributed by atoms with Crippen LogP contribution in [0.15, 0.2) is 83.3 Å². The van der Waals surface area contributed by atoms with E-state index in [-0.39, 0.29) is 5.91 Å². The summed E-state index contributed by atoms with van der Waals surface area (Å²) in [6, 6.07) is 21.8. The summed E-state index contributed by atoms with van der Waals surface area (Å²) in [7, 11) is 0. The van der Waals surface area contributed by atoms with Crippen LogP contribution in [0.1, 0.15) is 11.6 Å². The number of imide groups is 1. The predicted octanol–water partition coefficient (Wildman–Crippen LogP) is 4.64. The Labute approximate surface area is 180 Å². The lowest BCUT2D eigenvalue weighted by atomic mass is 9.90. The van der Waals surface area contributed by atoms with Gasteiger partial charge in [-0.15, -0.1) is 0 Å². The first-order valence-corrected chi connectivity index (χ1v) is 10.2. The van der Waals surface area contributed by atoms with Gasteiger partial charge in [-0.2, -0.15) is 0 Å². The Morgan fingerprint density at radius 2 is 1.57 bits per heavy atom. The van der Waals surface area contributed by atoms with Gasteiger partial charge in [-0.25, -0.2) is 14.4 Å². The largest absolute Gasteiger partial charge is 0.273 e. The monoisotopic (exact) mass is 466 g/mol. The summed E-state index contributed by atoms with van der Waals surface area (Å²) in [5.74, 6) is -1.97. The number of para-hydroxylation sites is 1. The van der Waals surface area contributed by atoms with Crippen molar-refractivity contribution < 1.29 is 18.8 Å². The Hall–Kier alpha value is -3.03. The number of fused-ring (bicyclic) bond motifs is 1. The van der Waals surface area contributed by atoms with E-state index in [4.69, 9.17) is 4.84 Å². The fourth-order valence-electron chi connectivity index (χ4n) is 4.09. The summed E-state index contributed by atoms with van der Waals surface area (Å²) in [5, 5.41) is 1.65. The van der Waals surface area contributed by atoms with Crippen LogP contribution in [0.25, 0.3) is 0 Å². The highest BCUT2D eigenvalue weighted by molar-refractivity contribution is 9.10. The van der Waals surface area contributed by atoms with Gasteiger partial charge in [0.25, 0.3) is 5.91 Å². The lowest BCUT2D eigenvalue weighted by Gasteiger charge is -2.28. The Balaban J connectivity index is 1.59. The first kappa shape index (κ1) is 19.0. The van der Waals surface area contributed by atoms with Crippen LogP contribution >= 0.6 is 15.9 Å². The lowest BCUT2D eigenvalue weighted by Crippen LogP contribution is -2.37. The molecular weight excluding hydrogens is 451 g/mol. The third-order valence-electron chi connectivity index (χ3n) is 5.40. The number of carbonyl (C=O) groups excluding carboxylic acids is 2. The molecule has 3 aromatic rings. The number of anilines is 2. The molecule has 3 atom stereocenters. The number of halogens is 2. The van der Waals surface area contributed by atoms with E-state index in [1.807, 2.05) is 54.6 Å². The molecule has 30 heavy (non-hydrogen) atoms. The average molecular weight is 467 g/mol. The topological polar surface area (TPSA) is 49.9 Å². The Morgan fingerprint density at radius 1 is 0.833 bits per heavy atom. The van der Waals surface area contributed by atoms with Crippen molar-refractivity contribution in [1.82, 2.24) is 0 Å². The maximum atomic E-state index is 13.4. The molecule has 0 saturated carbocycles. The minimum atomic E-state index is -0.952. The van der Waals surface area contributed by atoms with Gasteiger partial charge in [-0.05, 0) is 54.1 Å². The van der Waals surface area contributed by atoms with Crippen molar-refractivity contribution in [2.75, 3.05) is 9.96 Å². The van der Waals surface area contributed by atoms with Crippen molar-refractivity contribution in [2.24, 2.45) is 5.92 Å². The highest BCUT2D eigenvalue weighted by Crippen LogP contribution is 2.47. The van der Waals surface area contributed by atoms with Gasteiger partial charge in [0, 0.05) is 4.47 Å². The van der Waals surface area contributed by atoms with Gasteiger partial charge in [-0.3, -0.25) is 14.4 Å². The second-order valence-corrected chi connectivity index (χ2v) is 8.12. The fraction of sp³-hybridized carbons (Fsp3) is 0.130. The van der Waals surface area contributed by atoms with Crippen LogP contribution in [-0.4, -0.2) is 17.9 Å².